The van der Waals surface area contributed by atoms with Crippen LogP contribution in [0.4, 0.5) is 0 Å². The Balaban J connectivity index is 1.43. The third-order valence-electron chi connectivity index (χ3n) is 13.4. The third kappa shape index (κ3) is 6.72. The summed E-state index contributed by atoms with van der Waals surface area (Å²) in [7, 11) is -2.04. The minimum atomic E-state index is -3.16. The Kier molecular flexibility index (Phi) is 11.4. The Labute approximate surface area is 322 Å². The first kappa shape index (κ1) is 37.8. The molecule has 2 atom stereocenters. The summed E-state index contributed by atoms with van der Waals surface area (Å²) >= 11 is -3.16. The minimum absolute atomic E-state index is 0.554. The van der Waals surface area contributed by atoms with Gasteiger partial charge in [0, 0.05) is 0 Å². The SMILES string of the molecule is CCCCCC[Si]1(CCCCCC)C2=Cc3c(-c4ccc(C(C)C)cc4)cccc3[CH]2[Hf]([CH3])([CH3])[CH]2C1=Cc1c(-c3ccc(C(C)C)cc3)cccc12. The number of rotatable bonds is 14. The molecule has 52 heavy (non-hydrogen) atoms. The first-order valence-electron chi connectivity index (χ1n) is 21.0. The van der Waals surface area contributed by atoms with Crippen molar-refractivity contribution in [2.75, 3.05) is 0 Å². The molecule has 4 aromatic rings. The normalized spacial score (nSPS) is 19.3. The van der Waals surface area contributed by atoms with Gasteiger partial charge in [0.05, 0.1) is 0 Å². The van der Waals surface area contributed by atoms with Crippen LogP contribution in [0.2, 0.25) is 21.4 Å². The van der Waals surface area contributed by atoms with E-state index in [9.17, 15) is 0 Å². The summed E-state index contributed by atoms with van der Waals surface area (Å²) in [6.45, 7) is 14.0. The summed E-state index contributed by atoms with van der Waals surface area (Å²) in [5, 5.41) is 3.93. The number of benzene rings is 4. The number of hydrogen-bond donors (Lipinski definition) is 0. The zero-order valence-corrected chi connectivity index (χ0v) is 38.2. The van der Waals surface area contributed by atoms with E-state index in [0.717, 1.165) is 0 Å². The molecule has 0 N–H and O–H groups in total. The Bertz CT molecular complexity index is 1800. The molecule has 0 spiro atoms. The molecule has 3 aliphatic rings. The van der Waals surface area contributed by atoms with Crippen molar-refractivity contribution in [3.8, 4) is 22.3 Å². The summed E-state index contributed by atoms with van der Waals surface area (Å²) in [5.41, 5.74) is 15.1. The van der Waals surface area contributed by atoms with Gasteiger partial charge in [0.15, 0.2) is 0 Å². The molecule has 0 amide bonds. The van der Waals surface area contributed by atoms with Crippen molar-refractivity contribution in [3.05, 3.63) is 129 Å². The molecule has 1 heterocycles. The van der Waals surface area contributed by atoms with Gasteiger partial charge in [-0.25, -0.2) is 0 Å². The molecule has 1 aliphatic heterocycles. The van der Waals surface area contributed by atoms with Crippen molar-refractivity contribution in [3.63, 3.8) is 0 Å². The van der Waals surface area contributed by atoms with E-state index in [1.807, 2.05) is 10.4 Å². The van der Waals surface area contributed by atoms with E-state index in [1.54, 1.807) is 22.3 Å². The molecule has 272 valence electrons. The van der Waals surface area contributed by atoms with Crippen molar-refractivity contribution in [1.82, 2.24) is 0 Å². The molecule has 2 aliphatic carbocycles. The average molecular weight is 872 g/mol. The van der Waals surface area contributed by atoms with Gasteiger partial charge >= 0.3 is 325 Å². The van der Waals surface area contributed by atoms with Crippen LogP contribution in [0.25, 0.3) is 34.4 Å². The van der Waals surface area contributed by atoms with Crippen molar-refractivity contribution in [1.29, 1.82) is 0 Å². The van der Waals surface area contributed by atoms with E-state index in [-0.39, 0.29) is 0 Å². The van der Waals surface area contributed by atoms with Crippen LogP contribution < -0.4 is 0 Å². The van der Waals surface area contributed by atoms with E-state index in [2.05, 4.69) is 148 Å². The number of fused-ring (bicyclic) bond motifs is 6. The molecule has 0 saturated carbocycles. The van der Waals surface area contributed by atoms with Crippen molar-refractivity contribution in [2.45, 2.75) is 134 Å². The number of allylic oxidation sites excluding steroid dienone is 2. The summed E-state index contributed by atoms with van der Waals surface area (Å²) in [6, 6.07) is 36.8. The van der Waals surface area contributed by atoms with Gasteiger partial charge in [-0.05, 0) is 0 Å². The third-order valence-corrected chi connectivity index (χ3v) is 36.1. The molecule has 2 unspecified atom stereocenters. The Morgan fingerprint density at radius 3 is 1.29 bits per heavy atom. The molecule has 4 aromatic carbocycles. The topological polar surface area (TPSA) is 0 Å². The molecule has 0 nitrogen and oxygen atoms in total. The van der Waals surface area contributed by atoms with Crippen LogP contribution in [0.1, 0.15) is 145 Å². The zero-order valence-electron chi connectivity index (χ0n) is 33.6. The van der Waals surface area contributed by atoms with Gasteiger partial charge in [-0.1, -0.05) is 0 Å². The Morgan fingerprint density at radius 1 is 0.519 bits per heavy atom. The summed E-state index contributed by atoms with van der Waals surface area (Å²) in [5.74, 6) is 1.11. The molecule has 1 fully saturated rings. The van der Waals surface area contributed by atoms with Gasteiger partial charge in [-0.2, -0.15) is 0 Å². The summed E-state index contributed by atoms with van der Waals surface area (Å²) < 4.78 is 7.08. The first-order chi connectivity index (χ1) is 25.1. The van der Waals surface area contributed by atoms with Crippen LogP contribution in [0, 0.1) is 0 Å². The van der Waals surface area contributed by atoms with Gasteiger partial charge in [0.2, 0.25) is 0 Å². The Morgan fingerprint density at radius 2 is 0.923 bits per heavy atom. The summed E-state index contributed by atoms with van der Waals surface area (Å²) in [6.07, 6.45) is 16.6. The van der Waals surface area contributed by atoms with Gasteiger partial charge in [0.1, 0.15) is 0 Å². The van der Waals surface area contributed by atoms with Crippen LogP contribution >= 0.6 is 0 Å². The van der Waals surface area contributed by atoms with Crippen LogP contribution in [-0.4, -0.2) is 8.07 Å². The van der Waals surface area contributed by atoms with Crippen LogP contribution in [0.3, 0.4) is 0 Å². The fourth-order valence-electron chi connectivity index (χ4n) is 10.6. The molecule has 1 saturated heterocycles. The van der Waals surface area contributed by atoms with Crippen LogP contribution in [-0.2, 0) is 20.0 Å². The van der Waals surface area contributed by atoms with Gasteiger partial charge < -0.3 is 0 Å². The molecule has 2 heteroatoms. The number of hydrogen-bond acceptors (Lipinski definition) is 0. The second-order valence-corrected chi connectivity index (χ2v) is 39.3. The predicted octanol–water partition coefficient (Wildman–Crippen LogP) is 15.8. The molecular weight excluding hydrogens is 807 g/mol. The molecule has 0 aromatic heterocycles. The van der Waals surface area contributed by atoms with Crippen LogP contribution in [0.15, 0.2) is 95.3 Å². The fourth-order valence-corrected chi connectivity index (χ4v) is 43.5. The van der Waals surface area contributed by atoms with Crippen molar-refractivity contribution in [2.24, 2.45) is 0 Å². The van der Waals surface area contributed by atoms with E-state index < -0.39 is 28.0 Å². The van der Waals surface area contributed by atoms with Crippen molar-refractivity contribution < 1.29 is 20.0 Å². The second kappa shape index (κ2) is 15.7. The quantitative estimate of drug-likeness (QED) is 0.0875. The standard InChI is InChI=1S/C48H58Si.2CH3.Hf/c1-7-9-11-13-29-49(30-14-12-10-8-2,43-31-41-17-15-19-45(47(41)33-43)39-25-21-37(22-26-39)35(3)4)44-32-42-18-16-20-46(48(42)34-44)40-27-23-38(24-28-40)36(5)6;;;/h15-28,31-36H,7-14,29-30H2,1-6H3;2*1H3;. The average Bonchev–Trinajstić information content (AvgIpc) is 3.76. The molecule has 0 radical (unpaired) electrons. The maximum atomic E-state index is 2.86. The molecule has 0 bridgehead atoms. The summed E-state index contributed by atoms with van der Waals surface area (Å²) in [4.78, 5) is 0. The number of unbranched alkanes of at least 4 members (excludes halogenated alkanes) is 6. The maximum absolute atomic E-state index is 3.16. The molecular formula is C50H64HfSi. The zero-order chi connectivity index (χ0) is 36.6. The van der Waals surface area contributed by atoms with E-state index in [4.69, 9.17) is 0 Å². The van der Waals surface area contributed by atoms with Crippen molar-refractivity contribution >= 4 is 20.2 Å². The molecule has 7 rings (SSSR count). The monoisotopic (exact) mass is 872 g/mol. The Hall–Kier alpha value is -2.55. The van der Waals surface area contributed by atoms with E-state index in [0.29, 0.717) is 19.2 Å². The predicted molar refractivity (Wildman–Crippen MR) is 229 cm³/mol. The van der Waals surface area contributed by atoms with Crippen LogP contribution in [0.5, 0.6) is 0 Å². The van der Waals surface area contributed by atoms with E-state index in [1.165, 1.54) is 96.8 Å². The first-order valence-corrected chi connectivity index (χ1v) is 34.8. The van der Waals surface area contributed by atoms with E-state index >= 15 is 0 Å². The second-order valence-electron chi connectivity index (χ2n) is 17.8. The van der Waals surface area contributed by atoms with Gasteiger partial charge in [-0.3, -0.25) is 0 Å². The fraction of sp³-hybridized carbons (Fsp3) is 0.440. The van der Waals surface area contributed by atoms with Gasteiger partial charge in [-0.15, -0.1) is 0 Å². The van der Waals surface area contributed by atoms with Gasteiger partial charge in [0.25, 0.3) is 0 Å².